The number of carbonyl (C=O) groups is 1. The topological polar surface area (TPSA) is 67.3 Å². The number of halogens is 1. The molecule has 2 heterocycles. The fourth-order valence-corrected chi connectivity index (χ4v) is 2.84. The summed E-state index contributed by atoms with van der Waals surface area (Å²) < 4.78 is 34.7. The summed E-state index contributed by atoms with van der Waals surface area (Å²) in [6.07, 6.45) is 1.30. The fraction of sp³-hybridized carbons (Fsp3) is 0.455. The molecule has 1 aliphatic rings. The summed E-state index contributed by atoms with van der Waals surface area (Å²) in [4.78, 5) is 17.2. The molecule has 0 aliphatic carbocycles. The SMILES string of the molecule is Cc1ccnc(C)c1N1CC(S(=O)(=O)F)CC1=O. The number of aryl methyl sites for hydroxylation is 2. The molecule has 1 aliphatic heterocycles. The molecule has 1 atom stereocenters. The van der Waals surface area contributed by atoms with Crippen molar-refractivity contribution in [2.24, 2.45) is 0 Å². The monoisotopic (exact) mass is 272 g/mol. The second-order valence-corrected chi connectivity index (χ2v) is 5.99. The third-order valence-electron chi connectivity index (χ3n) is 3.07. The van der Waals surface area contributed by atoms with Gasteiger partial charge in [0.05, 0.1) is 11.4 Å². The van der Waals surface area contributed by atoms with Gasteiger partial charge in [0.25, 0.3) is 0 Å². The van der Waals surface area contributed by atoms with Crippen molar-refractivity contribution in [1.29, 1.82) is 0 Å². The molecule has 0 radical (unpaired) electrons. The number of aromatic nitrogens is 1. The number of rotatable bonds is 2. The number of nitrogens with zero attached hydrogens (tertiary/aromatic N) is 2. The lowest BCUT2D eigenvalue weighted by Crippen LogP contribution is -2.28. The first-order valence-corrected chi connectivity index (χ1v) is 6.91. The number of pyridine rings is 1. The fourth-order valence-electron chi connectivity index (χ4n) is 2.17. The summed E-state index contributed by atoms with van der Waals surface area (Å²) in [5.74, 6) is -0.388. The molecule has 1 amide bonds. The van der Waals surface area contributed by atoms with Crippen LogP contribution in [0.4, 0.5) is 9.57 Å². The van der Waals surface area contributed by atoms with Gasteiger partial charge in [-0.1, -0.05) is 0 Å². The van der Waals surface area contributed by atoms with Crippen LogP contribution < -0.4 is 4.90 Å². The molecule has 98 valence electrons. The van der Waals surface area contributed by atoms with Gasteiger partial charge in [0.2, 0.25) is 5.91 Å². The first-order chi connectivity index (χ1) is 8.30. The predicted molar refractivity (Wildman–Crippen MR) is 64.5 cm³/mol. The molecule has 5 nitrogen and oxygen atoms in total. The van der Waals surface area contributed by atoms with Gasteiger partial charge in [0, 0.05) is 19.2 Å². The Bertz CT molecular complexity index is 580. The van der Waals surface area contributed by atoms with Crippen molar-refractivity contribution in [2.45, 2.75) is 25.5 Å². The first-order valence-electron chi connectivity index (χ1n) is 5.46. The maximum Gasteiger partial charge on any atom is 0.307 e. The molecule has 1 unspecified atom stereocenters. The van der Waals surface area contributed by atoms with Crippen LogP contribution in [0.1, 0.15) is 17.7 Å². The van der Waals surface area contributed by atoms with Crippen LogP contribution in [0.5, 0.6) is 0 Å². The smallest absolute Gasteiger partial charge is 0.307 e. The summed E-state index contributed by atoms with van der Waals surface area (Å²) in [5.41, 5.74) is 2.02. The molecule has 1 fully saturated rings. The Morgan fingerprint density at radius 1 is 1.44 bits per heavy atom. The number of amides is 1. The molecule has 2 rings (SSSR count). The summed E-state index contributed by atoms with van der Waals surface area (Å²) in [6.45, 7) is 3.38. The zero-order valence-electron chi connectivity index (χ0n) is 10.1. The molecule has 7 heteroatoms. The van der Waals surface area contributed by atoms with Crippen molar-refractivity contribution < 1.29 is 17.1 Å². The average Bonchev–Trinajstić information content (AvgIpc) is 2.60. The minimum Gasteiger partial charge on any atom is -0.309 e. The van der Waals surface area contributed by atoms with Crippen LogP contribution in [0, 0.1) is 13.8 Å². The third-order valence-corrected chi connectivity index (χ3v) is 4.18. The summed E-state index contributed by atoms with van der Waals surface area (Å²) in [5, 5.41) is -1.27. The van der Waals surface area contributed by atoms with Crippen LogP contribution in [0.3, 0.4) is 0 Å². The number of anilines is 1. The summed E-state index contributed by atoms with van der Waals surface area (Å²) in [7, 11) is -4.68. The van der Waals surface area contributed by atoms with E-state index < -0.39 is 15.5 Å². The highest BCUT2D eigenvalue weighted by molar-refractivity contribution is 7.87. The van der Waals surface area contributed by atoms with Crippen molar-refractivity contribution in [3.8, 4) is 0 Å². The number of carbonyl (C=O) groups excluding carboxylic acids is 1. The van der Waals surface area contributed by atoms with Crippen molar-refractivity contribution >= 4 is 21.8 Å². The molecule has 18 heavy (non-hydrogen) atoms. The maximum absolute atomic E-state index is 12.9. The molecule has 0 N–H and O–H groups in total. The molecular formula is C11H13FN2O3S. The predicted octanol–water partition coefficient (Wildman–Crippen LogP) is 1.10. The lowest BCUT2D eigenvalue weighted by Gasteiger charge is -2.20. The minimum atomic E-state index is -4.68. The van der Waals surface area contributed by atoms with Crippen LogP contribution in [0.25, 0.3) is 0 Å². The highest BCUT2D eigenvalue weighted by atomic mass is 32.3. The van der Waals surface area contributed by atoms with E-state index in [1.807, 2.05) is 0 Å². The van der Waals surface area contributed by atoms with E-state index >= 15 is 0 Å². The maximum atomic E-state index is 12.9. The van der Waals surface area contributed by atoms with E-state index in [9.17, 15) is 17.1 Å². The Morgan fingerprint density at radius 3 is 2.61 bits per heavy atom. The van der Waals surface area contributed by atoms with E-state index in [1.165, 1.54) is 4.90 Å². The van der Waals surface area contributed by atoms with Crippen LogP contribution in [0.15, 0.2) is 12.3 Å². The van der Waals surface area contributed by atoms with E-state index in [-0.39, 0.29) is 18.9 Å². The Hall–Kier alpha value is -1.50. The lowest BCUT2D eigenvalue weighted by molar-refractivity contribution is -0.117. The molecule has 0 saturated carbocycles. The van der Waals surface area contributed by atoms with Gasteiger partial charge >= 0.3 is 10.2 Å². The quantitative estimate of drug-likeness (QED) is 0.756. The number of hydrogen-bond donors (Lipinski definition) is 0. The Balaban J connectivity index is 2.39. The molecule has 0 spiro atoms. The number of hydrogen-bond acceptors (Lipinski definition) is 4. The molecule has 0 aromatic carbocycles. The molecular weight excluding hydrogens is 259 g/mol. The Labute approximate surface area is 105 Å². The van der Waals surface area contributed by atoms with E-state index in [1.54, 1.807) is 26.1 Å². The van der Waals surface area contributed by atoms with Gasteiger partial charge in [-0.15, -0.1) is 3.89 Å². The standard InChI is InChI=1S/C11H13FN2O3S/c1-7-3-4-13-8(2)11(7)14-6-9(5-10(14)15)18(12,16)17/h3-4,9H,5-6H2,1-2H3. The molecule has 1 aromatic heterocycles. The van der Waals surface area contributed by atoms with Gasteiger partial charge < -0.3 is 4.90 Å². The third kappa shape index (κ3) is 2.22. The van der Waals surface area contributed by atoms with E-state index in [0.29, 0.717) is 11.4 Å². The average molecular weight is 272 g/mol. The minimum absolute atomic E-state index is 0.148. The molecule has 0 bridgehead atoms. The molecule has 1 saturated heterocycles. The normalized spacial score (nSPS) is 20.5. The van der Waals surface area contributed by atoms with E-state index in [0.717, 1.165) is 5.56 Å². The van der Waals surface area contributed by atoms with Gasteiger partial charge in [0.15, 0.2) is 0 Å². The largest absolute Gasteiger partial charge is 0.309 e. The van der Waals surface area contributed by atoms with Gasteiger partial charge in [-0.3, -0.25) is 9.78 Å². The zero-order valence-corrected chi connectivity index (χ0v) is 10.9. The highest BCUT2D eigenvalue weighted by Gasteiger charge is 2.40. The van der Waals surface area contributed by atoms with E-state index in [4.69, 9.17) is 0 Å². The lowest BCUT2D eigenvalue weighted by atomic mass is 10.2. The Morgan fingerprint density at radius 2 is 2.11 bits per heavy atom. The van der Waals surface area contributed by atoms with E-state index in [2.05, 4.69) is 4.98 Å². The first kappa shape index (κ1) is 12.9. The zero-order chi connectivity index (χ0) is 13.5. The van der Waals surface area contributed by atoms with Gasteiger partial charge in [0.1, 0.15) is 5.25 Å². The van der Waals surface area contributed by atoms with Gasteiger partial charge in [-0.25, -0.2) is 0 Å². The second-order valence-electron chi connectivity index (χ2n) is 4.37. The Kier molecular flexibility index (Phi) is 3.10. The summed E-state index contributed by atoms with van der Waals surface area (Å²) >= 11 is 0. The van der Waals surface area contributed by atoms with Crippen molar-refractivity contribution in [3.63, 3.8) is 0 Å². The molecule has 1 aromatic rings. The van der Waals surface area contributed by atoms with Crippen LogP contribution in [-0.2, 0) is 15.0 Å². The van der Waals surface area contributed by atoms with Crippen molar-refractivity contribution in [1.82, 2.24) is 4.98 Å². The van der Waals surface area contributed by atoms with Crippen LogP contribution >= 0.6 is 0 Å². The van der Waals surface area contributed by atoms with Crippen molar-refractivity contribution in [2.75, 3.05) is 11.4 Å². The van der Waals surface area contributed by atoms with Gasteiger partial charge in [-0.05, 0) is 25.5 Å². The van der Waals surface area contributed by atoms with Crippen LogP contribution in [0.2, 0.25) is 0 Å². The summed E-state index contributed by atoms with van der Waals surface area (Å²) in [6, 6.07) is 1.73. The van der Waals surface area contributed by atoms with Crippen molar-refractivity contribution in [3.05, 3.63) is 23.5 Å². The van der Waals surface area contributed by atoms with Crippen LogP contribution in [-0.4, -0.2) is 31.1 Å². The van der Waals surface area contributed by atoms with Gasteiger partial charge in [-0.2, -0.15) is 8.42 Å². The second kappa shape index (κ2) is 4.31. The highest BCUT2D eigenvalue weighted by Crippen LogP contribution is 2.29.